The molecule has 5 nitrogen and oxygen atoms in total. The van der Waals surface area contributed by atoms with Crippen molar-refractivity contribution in [3.8, 4) is 0 Å². The molecule has 1 aliphatic rings. The molecule has 0 spiro atoms. The van der Waals surface area contributed by atoms with E-state index in [-0.39, 0.29) is 12.0 Å². The van der Waals surface area contributed by atoms with Crippen molar-refractivity contribution in [3.05, 3.63) is 0 Å². The van der Waals surface area contributed by atoms with Crippen molar-refractivity contribution in [3.63, 3.8) is 0 Å². The Kier molecular flexibility index (Phi) is 3.73. The number of hydrogen-bond acceptors (Lipinski definition) is 5. The van der Waals surface area contributed by atoms with E-state index >= 15 is 0 Å². The van der Waals surface area contributed by atoms with Gasteiger partial charge >= 0.3 is 0 Å². The summed E-state index contributed by atoms with van der Waals surface area (Å²) in [6.07, 6.45) is -5.10. The van der Waals surface area contributed by atoms with Crippen LogP contribution >= 0.6 is 0 Å². The molecular formula is C10H20O5. The molecule has 0 saturated carbocycles. The Bertz CT molecular complexity index is 210. The van der Waals surface area contributed by atoms with E-state index in [1.54, 1.807) is 0 Å². The SMILES string of the molecule is CC(C)(C)C1O[C@H](CO)[C@@H](O)[C@H](O)[C@H]1O. The third kappa shape index (κ3) is 2.49. The van der Waals surface area contributed by atoms with Crippen LogP contribution in [0.15, 0.2) is 0 Å². The molecule has 0 bridgehead atoms. The zero-order valence-electron chi connectivity index (χ0n) is 9.29. The van der Waals surface area contributed by atoms with Crippen LogP contribution in [0, 0.1) is 5.41 Å². The zero-order valence-corrected chi connectivity index (χ0v) is 9.29. The summed E-state index contributed by atoms with van der Waals surface area (Å²) in [4.78, 5) is 0. The van der Waals surface area contributed by atoms with Crippen LogP contribution in [0.3, 0.4) is 0 Å². The Hall–Kier alpha value is -0.200. The number of aliphatic hydroxyl groups excluding tert-OH is 4. The first-order valence-corrected chi connectivity index (χ1v) is 5.09. The van der Waals surface area contributed by atoms with Crippen LogP contribution in [0.1, 0.15) is 20.8 Å². The van der Waals surface area contributed by atoms with Gasteiger partial charge in [-0.2, -0.15) is 0 Å². The molecule has 0 aromatic heterocycles. The summed E-state index contributed by atoms with van der Waals surface area (Å²) in [7, 11) is 0. The van der Waals surface area contributed by atoms with Crippen molar-refractivity contribution >= 4 is 0 Å². The maximum absolute atomic E-state index is 9.74. The molecule has 1 fully saturated rings. The molecule has 1 aliphatic heterocycles. The van der Waals surface area contributed by atoms with Gasteiger partial charge in [0.25, 0.3) is 0 Å². The molecule has 0 aliphatic carbocycles. The van der Waals surface area contributed by atoms with Crippen molar-refractivity contribution in [2.45, 2.75) is 51.3 Å². The van der Waals surface area contributed by atoms with Crippen LogP contribution in [0.2, 0.25) is 0 Å². The average Bonchev–Trinajstić information content (AvgIpc) is 2.13. The molecule has 1 saturated heterocycles. The fraction of sp³-hybridized carbons (Fsp3) is 1.00. The maximum atomic E-state index is 9.74. The highest BCUT2D eigenvalue weighted by molar-refractivity contribution is 4.96. The molecule has 1 unspecified atom stereocenters. The first kappa shape index (κ1) is 12.9. The van der Waals surface area contributed by atoms with E-state index in [1.807, 2.05) is 20.8 Å². The molecule has 0 radical (unpaired) electrons. The van der Waals surface area contributed by atoms with Crippen LogP contribution in [0.4, 0.5) is 0 Å². The number of aliphatic hydroxyl groups is 4. The Labute approximate surface area is 89.3 Å². The minimum absolute atomic E-state index is 0.367. The van der Waals surface area contributed by atoms with E-state index in [9.17, 15) is 15.3 Å². The largest absolute Gasteiger partial charge is 0.394 e. The summed E-state index contributed by atoms with van der Waals surface area (Å²) in [5.74, 6) is 0. The van der Waals surface area contributed by atoms with E-state index in [0.29, 0.717) is 0 Å². The molecule has 90 valence electrons. The van der Waals surface area contributed by atoms with E-state index in [2.05, 4.69) is 0 Å². The molecule has 0 aromatic rings. The predicted octanol–water partition coefficient (Wildman–Crippen LogP) is -1.13. The van der Waals surface area contributed by atoms with E-state index in [1.165, 1.54) is 0 Å². The Morgan fingerprint density at radius 1 is 1.00 bits per heavy atom. The normalized spacial score (nSPS) is 43.0. The summed E-state index contributed by atoms with van der Waals surface area (Å²) < 4.78 is 5.38. The van der Waals surface area contributed by atoms with Gasteiger partial charge in [-0.15, -0.1) is 0 Å². The fourth-order valence-electron chi connectivity index (χ4n) is 1.82. The van der Waals surface area contributed by atoms with Crippen molar-refractivity contribution in [1.29, 1.82) is 0 Å². The summed E-state index contributed by atoms with van der Waals surface area (Å²) in [6, 6.07) is 0. The standard InChI is InChI=1S/C10H20O5/c1-10(2,3)9-8(14)7(13)6(12)5(4-11)15-9/h5-9,11-14H,4H2,1-3H3/t5-,6-,7+,8-,9?/m1/s1. The van der Waals surface area contributed by atoms with E-state index in [0.717, 1.165) is 0 Å². The summed E-state index contributed by atoms with van der Waals surface area (Å²) in [5.41, 5.74) is -0.367. The number of ether oxygens (including phenoxy) is 1. The van der Waals surface area contributed by atoms with Crippen LogP contribution < -0.4 is 0 Å². The second-order valence-corrected chi connectivity index (χ2v) is 5.12. The third-order valence-corrected chi connectivity index (χ3v) is 2.75. The molecule has 0 aromatic carbocycles. The van der Waals surface area contributed by atoms with Crippen LogP contribution in [0.5, 0.6) is 0 Å². The summed E-state index contributed by atoms with van der Waals surface area (Å²) in [5, 5.41) is 37.8. The van der Waals surface area contributed by atoms with Crippen molar-refractivity contribution in [2.75, 3.05) is 6.61 Å². The molecule has 5 heteroatoms. The van der Waals surface area contributed by atoms with Gasteiger partial charge in [0.2, 0.25) is 0 Å². The lowest BCUT2D eigenvalue weighted by molar-refractivity contribution is -0.250. The lowest BCUT2D eigenvalue weighted by Crippen LogP contribution is -2.61. The van der Waals surface area contributed by atoms with Gasteiger partial charge < -0.3 is 25.2 Å². The zero-order chi connectivity index (χ0) is 11.8. The smallest absolute Gasteiger partial charge is 0.111 e. The highest BCUT2D eigenvalue weighted by Gasteiger charge is 2.47. The highest BCUT2D eigenvalue weighted by atomic mass is 16.5. The van der Waals surface area contributed by atoms with E-state index < -0.39 is 30.5 Å². The molecule has 0 amide bonds. The molecule has 5 atom stereocenters. The highest BCUT2D eigenvalue weighted by Crippen LogP contribution is 2.32. The van der Waals surface area contributed by atoms with Gasteiger partial charge in [0.1, 0.15) is 24.4 Å². The maximum Gasteiger partial charge on any atom is 0.111 e. The van der Waals surface area contributed by atoms with Gasteiger partial charge in [0.05, 0.1) is 12.7 Å². The second-order valence-electron chi connectivity index (χ2n) is 5.12. The van der Waals surface area contributed by atoms with Gasteiger partial charge in [-0.1, -0.05) is 20.8 Å². The average molecular weight is 220 g/mol. The Balaban J connectivity index is 2.83. The molecule has 15 heavy (non-hydrogen) atoms. The predicted molar refractivity (Wildman–Crippen MR) is 53.2 cm³/mol. The topological polar surface area (TPSA) is 90.2 Å². The van der Waals surface area contributed by atoms with Crippen molar-refractivity contribution < 1.29 is 25.2 Å². The van der Waals surface area contributed by atoms with Gasteiger partial charge in [0.15, 0.2) is 0 Å². The Morgan fingerprint density at radius 2 is 1.53 bits per heavy atom. The van der Waals surface area contributed by atoms with Crippen LogP contribution in [-0.4, -0.2) is 57.6 Å². The Morgan fingerprint density at radius 3 is 1.93 bits per heavy atom. The monoisotopic (exact) mass is 220 g/mol. The number of hydrogen-bond donors (Lipinski definition) is 4. The summed E-state index contributed by atoms with van der Waals surface area (Å²) >= 11 is 0. The van der Waals surface area contributed by atoms with Gasteiger partial charge in [-0.05, 0) is 5.41 Å². The second kappa shape index (κ2) is 4.35. The van der Waals surface area contributed by atoms with Crippen LogP contribution in [-0.2, 0) is 4.74 Å². The lowest BCUT2D eigenvalue weighted by Gasteiger charge is -2.45. The quantitative estimate of drug-likeness (QED) is 0.449. The minimum atomic E-state index is -1.28. The third-order valence-electron chi connectivity index (χ3n) is 2.75. The van der Waals surface area contributed by atoms with Crippen LogP contribution in [0.25, 0.3) is 0 Å². The first-order valence-electron chi connectivity index (χ1n) is 5.09. The van der Waals surface area contributed by atoms with Gasteiger partial charge in [-0.25, -0.2) is 0 Å². The fourth-order valence-corrected chi connectivity index (χ4v) is 1.82. The summed E-state index contributed by atoms with van der Waals surface area (Å²) in [6.45, 7) is 5.21. The van der Waals surface area contributed by atoms with Gasteiger partial charge in [0, 0.05) is 0 Å². The molecular weight excluding hydrogens is 200 g/mol. The molecule has 1 rings (SSSR count). The number of rotatable bonds is 1. The van der Waals surface area contributed by atoms with Crippen molar-refractivity contribution in [1.82, 2.24) is 0 Å². The van der Waals surface area contributed by atoms with E-state index in [4.69, 9.17) is 9.84 Å². The molecule has 4 N–H and O–H groups in total. The minimum Gasteiger partial charge on any atom is -0.394 e. The van der Waals surface area contributed by atoms with Gasteiger partial charge in [-0.3, -0.25) is 0 Å². The first-order chi connectivity index (χ1) is 6.79. The van der Waals surface area contributed by atoms with Crippen molar-refractivity contribution in [2.24, 2.45) is 5.41 Å². The molecule has 1 heterocycles. The lowest BCUT2D eigenvalue weighted by atomic mass is 9.80.